The standard InChI is InChI=1S/C19H21ClN4O2S/c1-3-8-24(11-17(25)21-15-10-14(20)7-6-13(15)2)12-18-22-23-19(26-18)16-5-4-9-27-16/h4-7,9-10H,3,8,11-12H2,1-2H3,(H,21,25)/p+1. The molecular weight excluding hydrogens is 384 g/mol. The van der Waals surface area contributed by atoms with E-state index < -0.39 is 0 Å². The molecule has 0 radical (unpaired) electrons. The van der Waals surface area contributed by atoms with E-state index in [9.17, 15) is 4.79 Å². The van der Waals surface area contributed by atoms with Crippen molar-refractivity contribution in [1.29, 1.82) is 0 Å². The molecule has 0 bridgehead atoms. The maximum Gasteiger partial charge on any atom is 0.279 e. The van der Waals surface area contributed by atoms with Crippen molar-refractivity contribution in [2.45, 2.75) is 26.8 Å². The van der Waals surface area contributed by atoms with E-state index in [2.05, 4.69) is 22.4 Å². The van der Waals surface area contributed by atoms with Gasteiger partial charge in [0.1, 0.15) is 0 Å². The van der Waals surface area contributed by atoms with Crippen molar-refractivity contribution in [3.63, 3.8) is 0 Å². The van der Waals surface area contributed by atoms with E-state index in [0.29, 0.717) is 29.9 Å². The van der Waals surface area contributed by atoms with Crippen molar-refractivity contribution in [2.24, 2.45) is 0 Å². The third-order valence-electron chi connectivity index (χ3n) is 4.09. The summed E-state index contributed by atoms with van der Waals surface area (Å²) in [5, 5.41) is 13.7. The Hall–Kier alpha value is -2.22. The van der Waals surface area contributed by atoms with E-state index in [4.69, 9.17) is 16.0 Å². The fraction of sp³-hybridized carbons (Fsp3) is 0.316. The molecule has 1 amide bonds. The molecule has 3 aromatic rings. The number of halogens is 1. The van der Waals surface area contributed by atoms with Crippen molar-refractivity contribution >= 4 is 34.5 Å². The summed E-state index contributed by atoms with van der Waals surface area (Å²) in [6, 6.07) is 9.35. The van der Waals surface area contributed by atoms with Crippen LogP contribution in [-0.2, 0) is 11.3 Å². The molecule has 1 unspecified atom stereocenters. The molecule has 0 saturated heterocycles. The van der Waals surface area contributed by atoms with E-state index in [1.807, 2.05) is 36.6 Å². The van der Waals surface area contributed by atoms with Gasteiger partial charge in [0.05, 0.1) is 11.4 Å². The lowest BCUT2D eigenvalue weighted by Crippen LogP contribution is -3.11. The molecule has 0 aliphatic heterocycles. The molecule has 0 fully saturated rings. The van der Waals surface area contributed by atoms with Gasteiger partial charge >= 0.3 is 0 Å². The average molecular weight is 406 g/mol. The molecule has 2 N–H and O–H groups in total. The first-order valence-corrected chi connectivity index (χ1v) is 10.1. The highest BCUT2D eigenvalue weighted by atomic mass is 35.5. The van der Waals surface area contributed by atoms with Gasteiger partial charge in [-0.25, -0.2) is 0 Å². The molecule has 1 atom stereocenters. The summed E-state index contributed by atoms with van der Waals surface area (Å²) >= 11 is 7.58. The second kappa shape index (κ2) is 9.12. The van der Waals surface area contributed by atoms with Crippen LogP contribution in [0.1, 0.15) is 24.8 Å². The topological polar surface area (TPSA) is 72.5 Å². The van der Waals surface area contributed by atoms with Crippen molar-refractivity contribution in [3.05, 3.63) is 52.2 Å². The fourth-order valence-electron chi connectivity index (χ4n) is 2.78. The molecule has 0 aliphatic carbocycles. The second-order valence-corrected chi connectivity index (χ2v) is 7.72. The van der Waals surface area contributed by atoms with Crippen LogP contribution in [0.25, 0.3) is 10.8 Å². The number of hydrogen-bond donors (Lipinski definition) is 2. The van der Waals surface area contributed by atoms with Gasteiger partial charge in [-0.2, -0.15) is 0 Å². The summed E-state index contributed by atoms with van der Waals surface area (Å²) in [5.74, 6) is 0.991. The lowest BCUT2D eigenvalue weighted by Gasteiger charge is -2.17. The molecule has 0 saturated carbocycles. The number of carbonyl (C=O) groups excluding carboxylic acids is 1. The Morgan fingerprint density at radius 2 is 2.19 bits per heavy atom. The smallest absolute Gasteiger partial charge is 0.279 e. The molecule has 1 aromatic carbocycles. The van der Waals surface area contributed by atoms with Crippen LogP contribution in [0, 0.1) is 6.92 Å². The van der Waals surface area contributed by atoms with Gasteiger partial charge in [-0.3, -0.25) is 4.79 Å². The molecule has 0 aliphatic rings. The number of amides is 1. The largest absolute Gasteiger partial charge is 0.414 e. The molecule has 2 heterocycles. The molecular formula is C19H22ClN4O2S+. The van der Waals surface area contributed by atoms with Gasteiger partial charge in [-0.15, -0.1) is 21.5 Å². The summed E-state index contributed by atoms with van der Waals surface area (Å²) in [6.45, 7) is 5.68. The van der Waals surface area contributed by atoms with Gasteiger partial charge < -0.3 is 14.6 Å². The SMILES string of the molecule is CCC[NH+](CC(=O)Nc1cc(Cl)ccc1C)Cc1nnc(-c2cccs2)o1. The molecule has 8 heteroatoms. The first kappa shape index (κ1) is 19.5. The van der Waals surface area contributed by atoms with Gasteiger partial charge in [-0.05, 0) is 42.5 Å². The molecule has 27 heavy (non-hydrogen) atoms. The van der Waals surface area contributed by atoms with E-state index in [1.54, 1.807) is 17.4 Å². The van der Waals surface area contributed by atoms with Crippen molar-refractivity contribution in [3.8, 4) is 10.8 Å². The van der Waals surface area contributed by atoms with Crippen molar-refractivity contribution in [1.82, 2.24) is 10.2 Å². The van der Waals surface area contributed by atoms with Crippen LogP contribution >= 0.6 is 22.9 Å². The number of nitrogens with zero attached hydrogens (tertiary/aromatic N) is 2. The zero-order valence-electron chi connectivity index (χ0n) is 15.3. The summed E-state index contributed by atoms with van der Waals surface area (Å²) < 4.78 is 5.76. The molecule has 0 spiro atoms. The highest BCUT2D eigenvalue weighted by molar-refractivity contribution is 7.13. The van der Waals surface area contributed by atoms with Gasteiger partial charge in [0.25, 0.3) is 17.7 Å². The Bertz CT molecular complexity index is 895. The Balaban J connectivity index is 1.63. The van der Waals surface area contributed by atoms with Crippen LogP contribution in [0.5, 0.6) is 0 Å². The Morgan fingerprint density at radius 1 is 1.33 bits per heavy atom. The number of thiophene rings is 1. The Morgan fingerprint density at radius 3 is 2.93 bits per heavy atom. The monoisotopic (exact) mass is 405 g/mol. The summed E-state index contributed by atoms with van der Waals surface area (Å²) in [7, 11) is 0. The normalized spacial score (nSPS) is 12.1. The molecule has 3 rings (SSSR count). The zero-order chi connectivity index (χ0) is 19.2. The highest BCUT2D eigenvalue weighted by Gasteiger charge is 2.19. The second-order valence-electron chi connectivity index (χ2n) is 6.34. The summed E-state index contributed by atoms with van der Waals surface area (Å²) in [5.41, 5.74) is 1.71. The minimum Gasteiger partial charge on any atom is -0.414 e. The van der Waals surface area contributed by atoms with E-state index in [-0.39, 0.29) is 5.91 Å². The van der Waals surface area contributed by atoms with Crippen molar-refractivity contribution < 1.29 is 14.1 Å². The van der Waals surface area contributed by atoms with Gasteiger partial charge in [0.2, 0.25) is 0 Å². The zero-order valence-corrected chi connectivity index (χ0v) is 16.9. The van der Waals surface area contributed by atoms with Gasteiger partial charge in [0, 0.05) is 10.7 Å². The number of carbonyl (C=O) groups is 1. The third-order valence-corrected chi connectivity index (χ3v) is 5.18. The maximum absolute atomic E-state index is 12.5. The van der Waals surface area contributed by atoms with Crippen LogP contribution in [-0.4, -0.2) is 29.2 Å². The lowest BCUT2D eigenvalue weighted by molar-refractivity contribution is -0.907. The number of aromatic nitrogens is 2. The molecule has 6 nitrogen and oxygen atoms in total. The number of anilines is 1. The first-order chi connectivity index (χ1) is 13.0. The molecule has 2 aromatic heterocycles. The van der Waals surface area contributed by atoms with Crippen molar-refractivity contribution in [2.75, 3.05) is 18.4 Å². The number of nitrogens with one attached hydrogen (secondary N) is 2. The van der Waals surface area contributed by atoms with E-state index >= 15 is 0 Å². The number of rotatable bonds is 8. The minimum absolute atomic E-state index is 0.0678. The van der Waals surface area contributed by atoms with E-state index in [1.165, 1.54) is 0 Å². The van der Waals surface area contributed by atoms with Gasteiger partial charge in [0.15, 0.2) is 13.1 Å². The van der Waals surface area contributed by atoms with Crippen LogP contribution in [0.4, 0.5) is 5.69 Å². The quantitative estimate of drug-likeness (QED) is 0.603. The molecule has 142 valence electrons. The summed E-state index contributed by atoms with van der Waals surface area (Å²) in [4.78, 5) is 14.5. The predicted molar refractivity (Wildman–Crippen MR) is 107 cm³/mol. The van der Waals surface area contributed by atoms with E-state index in [0.717, 1.165) is 34.0 Å². The highest BCUT2D eigenvalue weighted by Crippen LogP contribution is 2.22. The van der Waals surface area contributed by atoms with Crippen LogP contribution in [0.2, 0.25) is 5.02 Å². The Labute approximate surface area is 167 Å². The van der Waals surface area contributed by atoms with Crippen LogP contribution < -0.4 is 10.2 Å². The number of aryl methyl sites for hydroxylation is 1. The predicted octanol–water partition coefficient (Wildman–Crippen LogP) is 3.19. The van der Waals surface area contributed by atoms with Gasteiger partial charge in [-0.1, -0.05) is 30.7 Å². The summed E-state index contributed by atoms with van der Waals surface area (Å²) in [6.07, 6.45) is 0.949. The average Bonchev–Trinajstić information content (AvgIpc) is 3.29. The Kier molecular flexibility index (Phi) is 6.60. The maximum atomic E-state index is 12.5. The lowest BCUT2D eigenvalue weighted by atomic mass is 10.2. The number of benzene rings is 1. The first-order valence-electron chi connectivity index (χ1n) is 8.81. The third kappa shape index (κ3) is 5.38. The fourth-order valence-corrected chi connectivity index (χ4v) is 3.60. The van der Waals surface area contributed by atoms with Crippen LogP contribution in [0.15, 0.2) is 40.1 Å². The van der Waals surface area contributed by atoms with Crippen LogP contribution in [0.3, 0.4) is 0 Å². The number of hydrogen-bond acceptors (Lipinski definition) is 5. The number of quaternary nitrogens is 1. The minimum atomic E-state index is -0.0678.